The largest absolute Gasteiger partial charge is 0.488 e. The highest BCUT2D eigenvalue weighted by Crippen LogP contribution is 2.41. The Morgan fingerprint density at radius 1 is 0.409 bits per heavy atom. The minimum atomic E-state index is -1.34. The van der Waals surface area contributed by atoms with E-state index in [2.05, 4.69) is 315 Å². The van der Waals surface area contributed by atoms with Gasteiger partial charge >= 0.3 is 7.12 Å². The number of carbonyl (C=O) groups is 1. The van der Waals surface area contributed by atoms with E-state index in [0.29, 0.717) is 65.6 Å². The van der Waals surface area contributed by atoms with Crippen molar-refractivity contribution in [3.8, 4) is 68.1 Å². The van der Waals surface area contributed by atoms with Crippen molar-refractivity contribution >= 4 is 68.7 Å². The lowest BCUT2D eigenvalue weighted by Gasteiger charge is -2.22. The molecule has 0 fully saturated rings. The molecule has 0 aliphatic rings. The summed E-state index contributed by atoms with van der Waals surface area (Å²) in [6.07, 6.45) is 0. The average molecular weight is 1680 g/mol. The number of rotatable bonds is 18. The number of hydrogen-bond donors (Lipinski definition) is 3. The van der Waals surface area contributed by atoms with Crippen LogP contribution in [0.2, 0.25) is 0 Å². The number of carbonyl (C=O) groups excluding carboxylic acids is 1. The van der Waals surface area contributed by atoms with Crippen LogP contribution in [0.4, 0.5) is 0 Å². The molecule has 115 heavy (non-hydrogen) atoms. The number of benzene rings is 11. The number of hydrogen-bond acceptors (Lipinski definition) is 9. The number of aromatic nitrogens is 6. The van der Waals surface area contributed by atoms with Crippen LogP contribution in [0.25, 0.3) is 68.1 Å². The zero-order chi connectivity index (χ0) is 82.6. The third kappa shape index (κ3) is 24.3. The summed E-state index contributed by atoms with van der Waals surface area (Å²) in [5.74, 6) is 5.69. The molecule has 0 saturated carbocycles. The van der Waals surface area contributed by atoms with Gasteiger partial charge in [0.25, 0.3) is 5.91 Å². The first-order valence-electron chi connectivity index (χ1n) is 39.6. The van der Waals surface area contributed by atoms with Crippen LogP contribution in [-0.2, 0) is 11.3 Å². The molecule has 0 aliphatic carbocycles. The lowest BCUT2D eigenvalue weighted by atomic mass is 9.81. The normalized spacial score (nSPS) is 11.2. The highest BCUT2D eigenvalue weighted by Gasteiger charge is 2.27. The molecule has 0 saturated heterocycles. The fraction of sp³-hybridized carbons (Fsp3) is 0.273. The van der Waals surface area contributed by atoms with Crippen molar-refractivity contribution in [2.45, 2.75) is 174 Å². The molecule has 2 heterocycles. The van der Waals surface area contributed by atoms with Gasteiger partial charge in [0, 0.05) is 48.9 Å². The van der Waals surface area contributed by atoms with Crippen LogP contribution >= 0.6 is 44.3 Å². The van der Waals surface area contributed by atoms with Gasteiger partial charge in [-0.1, -0.05) is 306 Å². The maximum Gasteiger partial charge on any atom is 0.488 e. The Morgan fingerprint density at radius 2 is 0.722 bits per heavy atom. The van der Waals surface area contributed by atoms with E-state index in [0.717, 1.165) is 82.6 Å². The van der Waals surface area contributed by atoms with Crippen molar-refractivity contribution in [3.05, 3.63) is 335 Å². The second kappa shape index (κ2) is 42.6. The summed E-state index contributed by atoms with van der Waals surface area (Å²) in [6, 6.07) is 81.7. The second-order valence-corrected chi connectivity index (χ2v) is 32.8. The van der Waals surface area contributed by atoms with E-state index in [1.165, 1.54) is 72.3 Å². The van der Waals surface area contributed by atoms with Crippen molar-refractivity contribution in [2.75, 3.05) is 6.61 Å². The zero-order valence-corrected chi connectivity index (χ0v) is 74.1. The lowest BCUT2D eigenvalue weighted by Crippen LogP contribution is -2.29. The van der Waals surface area contributed by atoms with E-state index in [9.17, 15) is 4.79 Å². The first kappa shape index (κ1) is 90.6. The number of aryl methyl sites for hydroxylation is 6. The van der Waals surface area contributed by atoms with Gasteiger partial charge in [-0.15, -0.1) is 22.6 Å². The molecule has 1 amide bonds. The molecule has 0 unspecified atom stereocenters. The third-order valence-corrected chi connectivity index (χ3v) is 20.3. The highest BCUT2D eigenvalue weighted by atomic mass is 79.9. The van der Waals surface area contributed by atoms with Crippen LogP contribution in [0, 0.1) is 41.5 Å². The molecule has 11 aromatic carbocycles. The maximum atomic E-state index is 12.2. The first-order chi connectivity index (χ1) is 54.4. The molecule has 0 spiro atoms. The van der Waals surface area contributed by atoms with Gasteiger partial charge in [-0.05, 0) is 224 Å². The van der Waals surface area contributed by atoms with Crippen molar-refractivity contribution in [1.29, 1.82) is 0 Å². The van der Waals surface area contributed by atoms with Gasteiger partial charge in [0.15, 0.2) is 23.3 Å². The van der Waals surface area contributed by atoms with Crippen LogP contribution < -0.4 is 11.2 Å². The Balaban J connectivity index is 0.000000192. The molecule has 0 atom stereocenters. The van der Waals surface area contributed by atoms with Gasteiger partial charge in [0.05, 0.1) is 18.0 Å². The molecule has 13 rings (SSSR count). The van der Waals surface area contributed by atoms with Gasteiger partial charge in [-0.2, -0.15) is 4.99 Å². The molecule has 0 bridgehead atoms. The predicted molar refractivity (Wildman–Crippen MR) is 491 cm³/mol. The maximum absolute atomic E-state index is 12.2. The molecule has 13 aromatic rings. The number of nitrogens with zero attached hydrogens (tertiary/aromatic N) is 7. The van der Waals surface area contributed by atoms with Crippen LogP contribution in [0.1, 0.15) is 214 Å². The monoisotopic (exact) mass is 1680 g/mol. The number of nitrogens with two attached hydrogens (primary N) is 1. The number of amides is 1. The van der Waals surface area contributed by atoms with Gasteiger partial charge in [-0.25, -0.2) is 19.3 Å². The van der Waals surface area contributed by atoms with Gasteiger partial charge in [0.1, 0.15) is 0 Å². The van der Waals surface area contributed by atoms with Crippen molar-refractivity contribution in [1.82, 2.24) is 29.5 Å². The van der Waals surface area contributed by atoms with Crippen LogP contribution in [0.5, 0.6) is 0 Å². The Morgan fingerprint density at radius 3 is 1.04 bits per heavy atom. The fourth-order valence-electron chi connectivity index (χ4n) is 14.0. The second-order valence-electron chi connectivity index (χ2n) is 31.0. The topological polar surface area (TPSA) is 167 Å². The van der Waals surface area contributed by atoms with Crippen LogP contribution in [-0.4, -0.2) is 65.1 Å². The molecule has 2 aromatic heterocycles. The quantitative estimate of drug-likeness (QED) is 0.0430. The van der Waals surface area contributed by atoms with E-state index in [1.807, 2.05) is 69.3 Å². The Hall–Kier alpha value is -9.97. The summed E-state index contributed by atoms with van der Waals surface area (Å²) in [4.78, 5) is 26.6. The number of ether oxygens (including phenoxy) is 1. The predicted octanol–water partition coefficient (Wildman–Crippen LogP) is 25.2. The third-order valence-electron chi connectivity index (χ3n) is 19.4. The van der Waals surface area contributed by atoms with Crippen LogP contribution in [0.15, 0.2) is 257 Å². The highest BCUT2D eigenvalue weighted by molar-refractivity contribution is 9.10. The summed E-state index contributed by atoms with van der Waals surface area (Å²) in [5, 5.41) is 27.5. The molecule has 12 nitrogen and oxygen atoms in total. The van der Waals surface area contributed by atoms with Gasteiger partial charge < -0.3 is 20.5 Å². The van der Waals surface area contributed by atoms with E-state index in [1.54, 1.807) is 36.4 Å². The standard InChI is InChI=1S/C34H35N3.C28H30BrN3.C18H19NO2.C13H20BrN.C6H7BO2.ClH/c1-22(2)30-20-28(26-13-9-7-10-14-26)21-31(23(3)4)32(30)37-34(27-15-11-8-12-16-27)35-33(36-37)29-18-24(5)17-25(6)19-29;1-17(2)24-15-23(29)16-25(18(3)4)26(24)32-28(21-10-8-7-9-11-21)30-27(31-32)22-13-19(5)12-20(6)14-22;1-4-21-18(16-11-13(2)10-14(3)12-16)19-17(20)15-8-6-5-7-9-15;1-8(2)11-5-10(14)6-12(9(3)4)13(11)7-15;8-7(9)6-4-2-1-3-5-6;/h7-23H,1-6H3;7-18H,1-6H3;5-12H,4H2,1-3H3;5-6,8-9H,7,15H2,1-4H3;1-5,8-9H;1H. The van der Waals surface area contributed by atoms with Crippen LogP contribution in [0.3, 0.4) is 0 Å². The van der Waals surface area contributed by atoms with Gasteiger partial charge in [-0.3, -0.25) is 4.79 Å². The molecule has 16 heteroatoms. The lowest BCUT2D eigenvalue weighted by molar-refractivity contribution is 0.0999. The Labute approximate surface area is 706 Å². The van der Waals surface area contributed by atoms with E-state index in [-0.39, 0.29) is 18.3 Å². The van der Waals surface area contributed by atoms with Crippen molar-refractivity contribution < 1.29 is 19.6 Å². The SMILES string of the molecule is CC(C)c1cc(Br)cc(C(C)C)c1CN.CCOC(=NC(=O)c1ccccc1)c1cc(C)cc(C)c1.Cc1cc(C)cc(-c2nc(-c3ccccc3)n(-c3c(C(C)C)cc(-c4ccccc4)cc3C(C)C)n2)c1.Cc1cc(C)cc(-c2nc(-c3ccccc3)n(-c3c(C(C)C)cc(Br)cc3C(C)C)n2)c1.Cl.OB(O)c1ccccc1. The van der Waals surface area contributed by atoms with E-state index in [4.69, 9.17) is 40.7 Å². The smallest absolute Gasteiger partial charge is 0.477 e. The zero-order valence-electron chi connectivity index (χ0n) is 70.1. The molecule has 596 valence electrons. The first-order valence-corrected chi connectivity index (χ1v) is 41.1. The molecule has 0 aliphatic heterocycles. The summed E-state index contributed by atoms with van der Waals surface area (Å²) in [6.45, 7) is 42.4. The minimum absolute atomic E-state index is 0. The molecular weight excluding hydrogens is 1570 g/mol. The molecule has 4 N–H and O–H groups in total. The molecular formula is C99H112BBr2ClN8O4. The Bertz CT molecular complexity index is 5230. The number of aliphatic imine (C=N–C) groups is 1. The summed E-state index contributed by atoms with van der Waals surface area (Å²) >= 11 is 7.30. The van der Waals surface area contributed by atoms with Crippen molar-refractivity contribution in [3.63, 3.8) is 0 Å². The minimum Gasteiger partial charge on any atom is -0.477 e. The Kier molecular flexibility index (Phi) is 33.5. The van der Waals surface area contributed by atoms with E-state index < -0.39 is 7.12 Å². The summed E-state index contributed by atoms with van der Waals surface area (Å²) in [5.41, 5.74) is 33.0. The fourth-order valence-corrected chi connectivity index (χ4v) is 15.0. The molecule has 0 radical (unpaired) electrons. The van der Waals surface area contributed by atoms with Crippen molar-refractivity contribution in [2.24, 2.45) is 10.7 Å². The summed E-state index contributed by atoms with van der Waals surface area (Å²) in [7, 11) is -1.34. The van der Waals surface area contributed by atoms with E-state index >= 15 is 0 Å². The average Bonchev–Trinajstić information content (AvgIpc) is 1.54. The number of halogens is 3. The van der Waals surface area contributed by atoms with Gasteiger partial charge in [0.2, 0.25) is 5.90 Å². The summed E-state index contributed by atoms with van der Waals surface area (Å²) < 4.78 is 12.0.